The summed E-state index contributed by atoms with van der Waals surface area (Å²) in [6.07, 6.45) is -0.0220. The number of hydrogen-bond acceptors (Lipinski definition) is 6. The van der Waals surface area contributed by atoms with Crippen LogP contribution in [0.1, 0.15) is 6.92 Å². The lowest BCUT2D eigenvalue weighted by Gasteiger charge is -2.13. The summed E-state index contributed by atoms with van der Waals surface area (Å²) in [6.45, 7) is 0.994. The molecule has 0 aliphatic heterocycles. The highest BCUT2D eigenvalue weighted by Crippen LogP contribution is 2.45. The van der Waals surface area contributed by atoms with Crippen molar-refractivity contribution in [1.29, 1.82) is 0 Å². The van der Waals surface area contributed by atoms with E-state index in [0.29, 0.717) is 0 Å². The van der Waals surface area contributed by atoms with Gasteiger partial charge in [0.15, 0.2) is 0 Å². The molecule has 0 aromatic rings. The maximum atomic E-state index is 11.5. The zero-order valence-electron chi connectivity index (χ0n) is 9.52. The highest BCUT2D eigenvalue weighted by molar-refractivity contribution is 7.53. The van der Waals surface area contributed by atoms with Crippen LogP contribution >= 0.6 is 7.60 Å². The molecule has 0 aromatic heterocycles. The Labute approximate surface area is 94.0 Å². The topological polar surface area (TPSA) is 90.9 Å². The molecule has 0 bridgehead atoms. The fraction of sp³-hybridized carbons (Fsp3) is 0.750. The van der Waals surface area contributed by atoms with Gasteiger partial charge in [0.25, 0.3) is 0 Å². The van der Waals surface area contributed by atoms with E-state index < -0.39 is 13.6 Å². The minimum atomic E-state index is -3.14. The average Bonchev–Trinajstić information content (AvgIpc) is 2.26. The molecular formula is C8H16NO6P. The van der Waals surface area contributed by atoms with Gasteiger partial charge >= 0.3 is 13.6 Å². The second kappa shape index (κ2) is 7.38. The molecule has 1 amide bonds. The molecule has 0 radical (unpaired) electrons. The summed E-state index contributed by atoms with van der Waals surface area (Å²) in [5, 5.41) is 2.28. The molecule has 8 heteroatoms. The third kappa shape index (κ3) is 6.55. The van der Waals surface area contributed by atoms with Gasteiger partial charge in [0.2, 0.25) is 5.91 Å². The molecule has 0 saturated heterocycles. The van der Waals surface area contributed by atoms with Gasteiger partial charge in [-0.15, -0.1) is 0 Å². The molecule has 0 saturated carbocycles. The van der Waals surface area contributed by atoms with Gasteiger partial charge in [-0.3, -0.25) is 14.2 Å². The number of rotatable bonds is 7. The fourth-order valence-corrected chi connectivity index (χ4v) is 1.61. The highest BCUT2D eigenvalue weighted by atomic mass is 31.2. The molecule has 1 N–H and O–H groups in total. The Morgan fingerprint density at radius 3 is 2.25 bits per heavy atom. The maximum Gasteiger partial charge on any atom is 0.333 e. The van der Waals surface area contributed by atoms with E-state index in [0.717, 1.165) is 0 Å². The number of ether oxygens (including phenoxy) is 1. The maximum absolute atomic E-state index is 11.5. The minimum absolute atomic E-state index is 0.0220. The van der Waals surface area contributed by atoms with Crippen molar-refractivity contribution in [3.63, 3.8) is 0 Å². The summed E-state index contributed by atoms with van der Waals surface area (Å²) in [5.74, 6) is -0.926. The van der Waals surface area contributed by atoms with Gasteiger partial charge in [-0.2, -0.15) is 0 Å². The second-order valence-electron chi connectivity index (χ2n) is 2.83. The van der Waals surface area contributed by atoms with Gasteiger partial charge < -0.3 is 19.1 Å². The first-order chi connectivity index (χ1) is 7.43. The Morgan fingerprint density at radius 2 is 1.81 bits per heavy atom. The molecule has 0 aliphatic rings. The molecule has 0 aliphatic carbocycles. The van der Waals surface area contributed by atoms with Crippen LogP contribution in [0, 0.1) is 0 Å². The van der Waals surface area contributed by atoms with Crippen molar-refractivity contribution in [3.05, 3.63) is 0 Å². The zero-order valence-corrected chi connectivity index (χ0v) is 10.4. The lowest BCUT2D eigenvalue weighted by atomic mass is 10.6. The number of carbonyl (C=O) groups excluding carboxylic acids is 2. The first-order valence-corrected chi connectivity index (χ1v) is 6.27. The predicted octanol–water partition coefficient (Wildman–Crippen LogP) is 0.152. The summed E-state index contributed by atoms with van der Waals surface area (Å²) in [5.41, 5.74) is 0. The van der Waals surface area contributed by atoms with E-state index in [-0.39, 0.29) is 25.2 Å². The van der Waals surface area contributed by atoms with Crippen molar-refractivity contribution in [1.82, 2.24) is 5.32 Å². The van der Waals surface area contributed by atoms with Crippen LogP contribution in [0.2, 0.25) is 0 Å². The number of hydrogen-bond donors (Lipinski definition) is 1. The van der Waals surface area contributed by atoms with Crippen LogP contribution in [-0.2, 0) is 27.9 Å². The van der Waals surface area contributed by atoms with Crippen LogP contribution in [0.3, 0.4) is 0 Å². The molecule has 0 spiro atoms. The van der Waals surface area contributed by atoms with E-state index in [4.69, 9.17) is 4.74 Å². The third-order valence-electron chi connectivity index (χ3n) is 1.67. The fourth-order valence-electron chi connectivity index (χ4n) is 0.776. The Morgan fingerprint density at radius 1 is 1.25 bits per heavy atom. The van der Waals surface area contributed by atoms with E-state index in [1.54, 1.807) is 0 Å². The lowest BCUT2D eigenvalue weighted by molar-refractivity contribution is -0.143. The molecule has 0 unspecified atom stereocenters. The van der Waals surface area contributed by atoms with Crippen LogP contribution < -0.4 is 5.32 Å². The summed E-state index contributed by atoms with van der Waals surface area (Å²) in [7, 11) is -0.633. The zero-order chi connectivity index (χ0) is 12.6. The summed E-state index contributed by atoms with van der Waals surface area (Å²) >= 11 is 0. The van der Waals surface area contributed by atoms with Crippen LogP contribution in [0.5, 0.6) is 0 Å². The molecule has 0 atom stereocenters. The van der Waals surface area contributed by atoms with Gasteiger partial charge in [-0.05, 0) is 0 Å². The van der Waals surface area contributed by atoms with Crippen molar-refractivity contribution in [2.45, 2.75) is 6.92 Å². The normalized spacial score (nSPS) is 10.9. The van der Waals surface area contributed by atoms with Crippen molar-refractivity contribution in [3.8, 4) is 0 Å². The van der Waals surface area contributed by atoms with Crippen molar-refractivity contribution in [2.75, 3.05) is 33.5 Å². The number of esters is 1. The molecule has 0 rings (SSSR count). The largest absolute Gasteiger partial charge is 0.464 e. The minimum Gasteiger partial charge on any atom is -0.464 e. The predicted molar refractivity (Wildman–Crippen MR) is 56.1 cm³/mol. The Bertz CT molecular complexity index is 284. The Balaban J connectivity index is 3.77. The lowest BCUT2D eigenvalue weighted by Crippen LogP contribution is -2.29. The van der Waals surface area contributed by atoms with Gasteiger partial charge in [0, 0.05) is 21.1 Å². The molecule has 0 aromatic carbocycles. The SMILES string of the molecule is COP(=O)(CCOC(=O)CNC(C)=O)OC. The smallest absolute Gasteiger partial charge is 0.333 e. The second-order valence-corrected chi connectivity index (χ2v) is 5.23. The van der Waals surface area contributed by atoms with Crippen LogP contribution in [-0.4, -0.2) is 45.4 Å². The van der Waals surface area contributed by atoms with Crippen LogP contribution in [0.25, 0.3) is 0 Å². The molecule has 16 heavy (non-hydrogen) atoms. The van der Waals surface area contributed by atoms with E-state index in [2.05, 4.69) is 14.4 Å². The quantitative estimate of drug-likeness (QED) is 0.513. The first kappa shape index (κ1) is 15.1. The van der Waals surface area contributed by atoms with Crippen molar-refractivity contribution < 1.29 is 27.9 Å². The molecule has 0 fully saturated rings. The van der Waals surface area contributed by atoms with E-state index in [1.807, 2.05) is 0 Å². The van der Waals surface area contributed by atoms with E-state index in [1.165, 1.54) is 21.1 Å². The average molecular weight is 253 g/mol. The van der Waals surface area contributed by atoms with Crippen molar-refractivity contribution in [2.24, 2.45) is 0 Å². The molecule has 0 heterocycles. The van der Waals surface area contributed by atoms with Crippen LogP contribution in [0.15, 0.2) is 0 Å². The number of nitrogens with one attached hydrogen (secondary N) is 1. The first-order valence-electron chi connectivity index (χ1n) is 4.54. The van der Waals surface area contributed by atoms with Crippen molar-refractivity contribution >= 4 is 19.5 Å². The number of amides is 1. The van der Waals surface area contributed by atoms with Gasteiger partial charge in [-0.25, -0.2) is 0 Å². The monoisotopic (exact) mass is 253 g/mol. The summed E-state index contributed by atoms with van der Waals surface area (Å²) in [6, 6.07) is 0. The molecular weight excluding hydrogens is 237 g/mol. The van der Waals surface area contributed by atoms with Gasteiger partial charge in [0.05, 0.1) is 6.16 Å². The summed E-state index contributed by atoms with van der Waals surface area (Å²) in [4.78, 5) is 21.5. The van der Waals surface area contributed by atoms with Gasteiger partial charge in [0.1, 0.15) is 13.2 Å². The molecule has 7 nitrogen and oxygen atoms in total. The number of carbonyl (C=O) groups is 2. The standard InChI is InChI=1S/C8H16NO6P/c1-7(10)9-6-8(11)15-4-5-16(12,13-2)14-3/h4-6H2,1-3H3,(H,9,10). The van der Waals surface area contributed by atoms with Gasteiger partial charge in [-0.1, -0.05) is 0 Å². The highest BCUT2D eigenvalue weighted by Gasteiger charge is 2.21. The Hall–Kier alpha value is -0.910. The van der Waals surface area contributed by atoms with E-state index >= 15 is 0 Å². The third-order valence-corrected chi connectivity index (χ3v) is 3.51. The molecule has 94 valence electrons. The van der Waals surface area contributed by atoms with E-state index in [9.17, 15) is 14.2 Å². The summed E-state index contributed by atoms with van der Waals surface area (Å²) < 4.78 is 25.5. The van der Waals surface area contributed by atoms with Crippen LogP contribution in [0.4, 0.5) is 0 Å². The Kier molecular flexibility index (Phi) is 6.96.